The fourth-order valence-electron chi connectivity index (χ4n) is 3.10. The minimum Gasteiger partial charge on any atom is -0.465 e. The molecule has 26 heavy (non-hydrogen) atoms. The van der Waals surface area contributed by atoms with E-state index in [1.54, 1.807) is 19.1 Å². The number of hydrogen-bond donors (Lipinski definition) is 1. The van der Waals surface area contributed by atoms with Crippen LogP contribution in [0.1, 0.15) is 40.9 Å². The van der Waals surface area contributed by atoms with Crippen LogP contribution in [0.5, 0.6) is 0 Å². The number of nitrogens with zero attached hydrogens (tertiary/aromatic N) is 1. The van der Waals surface area contributed by atoms with Crippen LogP contribution in [-0.2, 0) is 16.0 Å². The van der Waals surface area contributed by atoms with Crippen molar-refractivity contribution in [1.29, 1.82) is 0 Å². The molecule has 6 heteroatoms. The van der Waals surface area contributed by atoms with Gasteiger partial charge in [-0.3, -0.25) is 14.5 Å². The van der Waals surface area contributed by atoms with Crippen molar-refractivity contribution in [3.8, 4) is 0 Å². The number of carbonyl (C=O) groups is 2. The number of ether oxygens (including phenoxy) is 1. The van der Waals surface area contributed by atoms with Crippen LogP contribution in [0.3, 0.4) is 0 Å². The third-order valence-corrected chi connectivity index (χ3v) is 4.42. The Kier molecular flexibility index (Phi) is 5.32. The molecule has 0 fully saturated rings. The van der Waals surface area contributed by atoms with Gasteiger partial charge in [-0.15, -0.1) is 0 Å². The topological polar surface area (TPSA) is 66.8 Å². The molecule has 1 N–H and O–H groups in total. The van der Waals surface area contributed by atoms with Gasteiger partial charge in [0.25, 0.3) is 5.91 Å². The van der Waals surface area contributed by atoms with Crippen molar-refractivity contribution >= 4 is 17.6 Å². The Labute approximate surface area is 151 Å². The molecule has 0 saturated heterocycles. The number of amides is 1. The first-order valence-corrected chi connectivity index (χ1v) is 8.53. The minimum atomic E-state index is -0.574. The van der Waals surface area contributed by atoms with Gasteiger partial charge in [-0.05, 0) is 67.3 Å². The van der Waals surface area contributed by atoms with Crippen LogP contribution in [0, 0.1) is 5.82 Å². The third kappa shape index (κ3) is 3.75. The van der Waals surface area contributed by atoms with E-state index in [1.165, 1.54) is 29.2 Å². The number of anilines is 1. The smallest absolute Gasteiger partial charge is 0.326 e. The van der Waals surface area contributed by atoms with E-state index in [2.05, 4.69) is 0 Å². The van der Waals surface area contributed by atoms with Crippen LogP contribution < -0.4 is 4.90 Å². The van der Waals surface area contributed by atoms with Crippen molar-refractivity contribution in [2.75, 3.05) is 18.1 Å². The fraction of sp³-hybridized carbons (Fsp3) is 0.300. The molecule has 0 aliphatic heterocycles. The van der Waals surface area contributed by atoms with E-state index in [0.717, 1.165) is 17.5 Å². The molecular formula is C20H20FNO4. The molecule has 1 atom stereocenters. The summed E-state index contributed by atoms with van der Waals surface area (Å²) >= 11 is 0. The lowest BCUT2D eigenvalue weighted by Crippen LogP contribution is -2.36. The zero-order valence-electron chi connectivity index (χ0n) is 14.4. The summed E-state index contributed by atoms with van der Waals surface area (Å²) in [5, 5.41) is 10.1. The Morgan fingerprint density at radius 2 is 1.96 bits per heavy atom. The van der Waals surface area contributed by atoms with E-state index in [4.69, 9.17) is 4.74 Å². The molecule has 2 aromatic carbocycles. The summed E-state index contributed by atoms with van der Waals surface area (Å²) < 4.78 is 18.1. The number of hydrogen-bond acceptors (Lipinski definition) is 4. The van der Waals surface area contributed by atoms with E-state index < -0.39 is 23.8 Å². The molecule has 1 unspecified atom stereocenters. The highest BCUT2D eigenvalue weighted by molar-refractivity contribution is 6.08. The SMILES string of the molecule is CCOC(=O)CN(C(=O)c1ccc(F)cc1)c1ccc2c(c1)C(O)CC2. The quantitative estimate of drug-likeness (QED) is 0.836. The molecule has 3 rings (SSSR count). The average molecular weight is 357 g/mol. The number of halogens is 1. The van der Waals surface area contributed by atoms with Crippen LogP contribution >= 0.6 is 0 Å². The summed E-state index contributed by atoms with van der Waals surface area (Å²) in [5.41, 5.74) is 2.55. The van der Waals surface area contributed by atoms with Crippen molar-refractivity contribution in [3.63, 3.8) is 0 Å². The Balaban J connectivity index is 1.95. The maximum absolute atomic E-state index is 13.2. The highest BCUT2D eigenvalue weighted by Gasteiger charge is 2.25. The molecule has 0 spiro atoms. The third-order valence-electron chi connectivity index (χ3n) is 4.42. The first-order chi connectivity index (χ1) is 12.5. The average Bonchev–Trinajstić information content (AvgIpc) is 3.00. The lowest BCUT2D eigenvalue weighted by atomic mass is 10.1. The summed E-state index contributed by atoms with van der Waals surface area (Å²) in [6, 6.07) is 10.5. The Bertz CT molecular complexity index is 819. The van der Waals surface area contributed by atoms with E-state index in [1.807, 2.05) is 6.07 Å². The molecule has 0 radical (unpaired) electrons. The van der Waals surface area contributed by atoms with Crippen LogP contribution in [0.2, 0.25) is 0 Å². The number of benzene rings is 2. The van der Waals surface area contributed by atoms with Gasteiger partial charge in [-0.1, -0.05) is 6.07 Å². The zero-order chi connectivity index (χ0) is 18.7. The molecule has 1 aliphatic carbocycles. The number of carbonyl (C=O) groups excluding carboxylic acids is 2. The highest BCUT2D eigenvalue weighted by atomic mass is 19.1. The van der Waals surface area contributed by atoms with Crippen molar-refractivity contribution in [2.24, 2.45) is 0 Å². The van der Waals surface area contributed by atoms with Crippen molar-refractivity contribution in [1.82, 2.24) is 0 Å². The summed E-state index contributed by atoms with van der Waals surface area (Å²) in [4.78, 5) is 26.2. The monoisotopic (exact) mass is 357 g/mol. The molecule has 0 heterocycles. The van der Waals surface area contributed by atoms with Crippen molar-refractivity contribution < 1.29 is 23.8 Å². The molecule has 0 bridgehead atoms. The zero-order valence-corrected chi connectivity index (χ0v) is 14.4. The number of aliphatic hydroxyl groups excluding tert-OH is 1. The predicted octanol–water partition coefficient (Wildman–Crippen LogP) is 3.02. The minimum absolute atomic E-state index is 0.209. The van der Waals surface area contributed by atoms with Gasteiger partial charge in [0, 0.05) is 11.3 Å². The summed E-state index contributed by atoms with van der Waals surface area (Å²) in [7, 11) is 0. The lowest BCUT2D eigenvalue weighted by molar-refractivity contribution is -0.141. The number of rotatable bonds is 5. The Morgan fingerprint density at radius 1 is 1.23 bits per heavy atom. The van der Waals surface area contributed by atoms with Crippen LogP contribution in [-0.4, -0.2) is 30.1 Å². The first-order valence-electron chi connectivity index (χ1n) is 8.53. The summed E-state index contributed by atoms with van der Waals surface area (Å²) in [5.74, 6) is -1.42. The van der Waals surface area contributed by atoms with Crippen LogP contribution in [0.4, 0.5) is 10.1 Å². The number of fused-ring (bicyclic) bond motifs is 1. The molecule has 5 nitrogen and oxygen atoms in total. The standard InChI is InChI=1S/C20H20FNO4/c1-2-26-19(24)12-22(20(25)14-3-7-15(21)8-4-14)16-9-5-13-6-10-18(23)17(13)11-16/h3-5,7-9,11,18,23H,2,6,10,12H2,1H3. The van der Waals surface area contributed by atoms with Crippen molar-refractivity contribution in [2.45, 2.75) is 25.9 Å². The Morgan fingerprint density at radius 3 is 2.65 bits per heavy atom. The van der Waals surface area contributed by atoms with Gasteiger partial charge < -0.3 is 9.84 Å². The maximum atomic E-state index is 13.2. The predicted molar refractivity (Wildman–Crippen MR) is 94.4 cm³/mol. The number of esters is 1. The van der Waals surface area contributed by atoms with E-state index in [9.17, 15) is 19.1 Å². The summed E-state index contributed by atoms with van der Waals surface area (Å²) in [6.45, 7) is 1.63. The molecule has 0 saturated carbocycles. The van der Waals surface area contributed by atoms with Gasteiger partial charge in [0.2, 0.25) is 0 Å². The van der Waals surface area contributed by atoms with Gasteiger partial charge in [0.1, 0.15) is 12.4 Å². The maximum Gasteiger partial charge on any atom is 0.326 e. The molecule has 136 valence electrons. The lowest BCUT2D eigenvalue weighted by Gasteiger charge is -2.23. The van der Waals surface area contributed by atoms with Gasteiger partial charge in [0.05, 0.1) is 12.7 Å². The second-order valence-electron chi connectivity index (χ2n) is 6.14. The number of aryl methyl sites for hydroxylation is 1. The van der Waals surface area contributed by atoms with E-state index in [-0.39, 0.29) is 18.7 Å². The normalized spacial score (nSPS) is 15.4. The van der Waals surface area contributed by atoms with Gasteiger partial charge in [0.15, 0.2) is 0 Å². The molecule has 0 aromatic heterocycles. The van der Waals surface area contributed by atoms with E-state index >= 15 is 0 Å². The highest BCUT2D eigenvalue weighted by Crippen LogP contribution is 2.34. The van der Waals surface area contributed by atoms with E-state index in [0.29, 0.717) is 12.1 Å². The second-order valence-corrected chi connectivity index (χ2v) is 6.14. The molecule has 1 amide bonds. The first kappa shape index (κ1) is 18.1. The molecule has 1 aliphatic rings. The van der Waals surface area contributed by atoms with Crippen LogP contribution in [0.15, 0.2) is 42.5 Å². The molecular weight excluding hydrogens is 337 g/mol. The van der Waals surface area contributed by atoms with Gasteiger partial charge >= 0.3 is 5.97 Å². The number of aliphatic hydroxyl groups is 1. The van der Waals surface area contributed by atoms with Gasteiger partial charge in [-0.2, -0.15) is 0 Å². The Hall–Kier alpha value is -2.73. The fourth-order valence-corrected chi connectivity index (χ4v) is 3.10. The largest absolute Gasteiger partial charge is 0.465 e. The molecule has 2 aromatic rings. The van der Waals surface area contributed by atoms with Crippen LogP contribution in [0.25, 0.3) is 0 Å². The van der Waals surface area contributed by atoms with Crippen molar-refractivity contribution in [3.05, 3.63) is 65.0 Å². The summed E-state index contributed by atoms with van der Waals surface area (Å²) in [6.07, 6.45) is 0.846. The van der Waals surface area contributed by atoms with Gasteiger partial charge in [-0.25, -0.2) is 4.39 Å². The second kappa shape index (κ2) is 7.66.